The molecule has 3 aromatic rings. The molecule has 0 aliphatic heterocycles. The molecule has 0 bridgehead atoms. The van der Waals surface area contributed by atoms with Crippen LogP contribution >= 0.6 is 0 Å². The molecular formula is C19H16FN3O2S. The highest BCUT2D eigenvalue weighted by molar-refractivity contribution is 7.92. The van der Waals surface area contributed by atoms with Gasteiger partial charge in [0.05, 0.1) is 16.3 Å². The number of benzene rings is 3. The van der Waals surface area contributed by atoms with Gasteiger partial charge in [0.2, 0.25) is 0 Å². The Morgan fingerprint density at radius 3 is 2.08 bits per heavy atom. The predicted octanol–water partition coefficient (Wildman–Crippen LogP) is 5.35. The van der Waals surface area contributed by atoms with Crippen molar-refractivity contribution in [3.05, 3.63) is 84.2 Å². The zero-order valence-electron chi connectivity index (χ0n) is 13.9. The molecule has 0 radical (unpaired) electrons. The molecule has 1 N–H and O–H groups in total. The Morgan fingerprint density at radius 1 is 0.846 bits per heavy atom. The van der Waals surface area contributed by atoms with Crippen LogP contribution in [0.3, 0.4) is 0 Å². The maximum atomic E-state index is 13.3. The monoisotopic (exact) mass is 369 g/mol. The van der Waals surface area contributed by atoms with Gasteiger partial charge in [0.1, 0.15) is 5.82 Å². The lowest BCUT2D eigenvalue weighted by Gasteiger charge is -2.09. The van der Waals surface area contributed by atoms with Gasteiger partial charge in [0.25, 0.3) is 10.0 Å². The van der Waals surface area contributed by atoms with Crippen LogP contribution in [0.25, 0.3) is 0 Å². The van der Waals surface area contributed by atoms with E-state index in [9.17, 15) is 12.8 Å². The summed E-state index contributed by atoms with van der Waals surface area (Å²) in [6.07, 6.45) is 0. The quantitative estimate of drug-likeness (QED) is 0.616. The maximum absolute atomic E-state index is 13.3. The maximum Gasteiger partial charge on any atom is 0.261 e. The van der Waals surface area contributed by atoms with Gasteiger partial charge in [0, 0.05) is 5.69 Å². The second-order valence-corrected chi connectivity index (χ2v) is 7.28. The first-order chi connectivity index (χ1) is 12.4. The summed E-state index contributed by atoms with van der Waals surface area (Å²) in [7, 11) is -3.79. The van der Waals surface area contributed by atoms with Crippen molar-refractivity contribution in [2.24, 2.45) is 10.2 Å². The molecule has 0 amide bonds. The van der Waals surface area contributed by atoms with Crippen molar-refractivity contribution in [2.75, 3.05) is 4.72 Å². The molecule has 0 aliphatic carbocycles. The number of sulfonamides is 1. The number of nitrogens with one attached hydrogen (secondary N) is 1. The zero-order chi connectivity index (χ0) is 18.6. The van der Waals surface area contributed by atoms with Gasteiger partial charge in [-0.25, -0.2) is 12.8 Å². The minimum Gasteiger partial charge on any atom is -0.280 e. The van der Waals surface area contributed by atoms with Gasteiger partial charge in [-0.1, -0.05) is 18.2 Å². The predicted molar refractivity (Wildman–Crippen MR) is 99.0 cm³/mol. The third-order valence-electron chi connectivity index (χ3n) is 3.60. The Labute approximate surface area is 151 Å². The molecule has 3 aromatic carbocycles. The van der Waals surface area contributed by atoms with Crippen molar-refractivity contribution >= 4 is 27.1 Å². The third-order valence-corrected chi connectivity index (χ3v) is 4.98. The molecule has 3 rings (SSSR count). The Kier molecular flexibility index (Phi) is 5.09. The summed E-state index contributed by atoms with van der Waals surface area (Å²) in [6.45, 7) is 1.51. The van der Waals surface area contributed by atoms with Gasteiger partial charge in [-0.15, -0.1) is 0 Å². The van der Waals surface area contributed by atoms with Crippen molar-refractivity contribution in [1.82, 2.24) is 0 Å². The van der Waals surface area contributed by atoms with Crippen LogP contribution in [-0.2, 0) is 10.0 Å². The van der Waals surface area contributed by atoms with E-state index in [1.54, 1.807) is 24.3 Å². The topological polar surface area (TPSA) is 70.9 Å². The summed E-state index contributed by atoms with van der Waals surface area (Å²) in [5.41, 5.74) is 1.97. The molecule has 26 heavy (non-hydrogen) atoms. The van der Waals surface area contributed by atoms with E-state index in [2.05, 4.69) is 15.0 Å². The van der Waals surface area contributed by atoms with Gasteiger partial charge in [-0.05, 0) is 67.1 Å². The minimum atomic E-state index is -3.79. The molecule has 132 valence electrons. The number of hydrogen-bond acceptors (Lipinski definition) is 4. The molecule has 5 nitrogen and oxygen atoms in total. The first kappa shape index (κ1) is 17.8. The fourth-order valence-corrected chi connectivity index (χ4v) is 3.35. The molecule has 0 atom stereocenters. The number of rotatable bonds is 5. The number of aryl methyl sites for hydroxylation is 1. The SMILES string of the molecule is Cc1cc(S(=O)(=O)Nc2ccc(N=Nc3ccccc3)cc2)ccc1F. The van der Waals surface area contributed by atoms with E-state index >= 15 is 0 Å². The number of hydrogen-bond donors (Lipinski definition) is 1. The number of anilines is 1. The van der Waals surface area contributed by atoms with Crippen molar-refractivity contribution in [3.63, 3.8) is 0 Å². The van der Waals surface area contributed by atoms with Crippen LogP contribution in [0.4, 0.5) is 21.5 Å². The lowest BCUT2D eigenvalue weighted by Crippen LogP contribution is -2.13. The van der Waals surface area contributed by atoms with E-state index in [0.29, 0.717) is 11.4 Å². The minimum absolute atomic E-state index is 0.00393. The van der Waals surface area contributed by atoms with Crippen LogP contribution in [0.1, 0.15) is 5.56 Å². The first-order valence-corrected chi connectivity index (χ1v) is 9.28. The molecule has 0 spiro atoms. The summed E-state index contributed by atoms with van der Waals surface area (Å²) < 4.78 is 40.5. The third kappa shape index (κ3) is 4.31. The lowest BCUT2D eigenvalue weighted by atomic mass is 10.2. The Bertz CT molecular complexity index is 1030. The van der Waals surface area contributed by atoms with Crippen LogP contribution in [0.2, 0.25) is 0 Å². The number of azo groups is 1. The highest BCUT2D eigenvalue weighted by Gasteiger charge is 2.15. The van der Waals surface area contributed by atoms with E-state index < -0.39 is 15.8 Å². The standard InChI is InChI=1S/C19H16FN3O2S/c1-14-13-18(11-12-19(14)20)26(24,25)23-17-9-7-16(8-10-17)22-21-15-5-3-2-4-6-15/h2-13,23H,1H3. The lowest BCUT2D eigenvalue weighted by molar-refractivity contribution is 0.598. The second-order valence-electron chi connectivity index (χ2n) is 5.60. The van der Waals surface area contributed by atoms with Gasteiger partial charge >= 0.3 is 0 Å². The van der Waals surface area contributed by atoms with Gasteiger partial charge in [-0.3, -0.25) is 4.72 Å². The second kappa shape index (κ2) is 7.45. The normalized spacial score (nSPS) is 11.6. The first-order valence-electron chi connectivity index (χ1n) is 7.80. The molecule has 0 unspecified atom stereocenters. The average Bonchev–Trinajstić information content (AvgIpc) is 2.64. The average molecular weight is 369 g/mol. The van der Waals surface area contributed by atoms with Crippen molar-refractivity contribution in [2.45, 2.75) is 11.8 Å². The number of halogens is 1. The van der Waals surface area contributed by atoms with Crippen molar-refractivity contribution < 1.29 is 12.8 Å². The Balaban J connectivity index is 1.74. The summed E-state index contributed by atoms with van der Waals surface area (Å²) in [6, 6.07) is 19.4. The summed E-state index contributed by atoms with van der Waals surface area (Å²) in [5, 5.41) is 8.20. The van der Waals surface area contributed by atoms with Crippen LogP contribution < -0.4 is 4.72 Å². The van der Waals surface area contributed by atoms with Gasteiger partial charge in [0.15, 0.2) is 0 Å². The van der Waals surface area contributed by atoms with Crippen LogP contribution in [0.15, 0.2) is 87.9 Å². The van der Waals surface area contributed by atoms with E-state index in [0.717, 1.165) is 11.8 Å². The van der Waals surface area contributed by atoms with Crippen LogP contribution in [-0.4, -0.2) is 8.42 Å². The van der Waals surface area contributed by atoms with Gasteiger partial charge < -0.3 is 0 Å². The van der Waals surface area contributed by atoms with Gasteiger partial charge in [-0.2, -0.15) is 10.2 Å². The largest absolute Gasteiger partial charge is 0.280 e. The Hall–Kier alpha value is -3.06. The molecule has 0 aromatic heterocycles. The van der Waals surface area contributed by atoms with E-state index in [-0.39, 0.29) is 10.5 Å². The van der Waals surface area contributed by atoms with Crippen LogP contribution in [0.5, 0.6) is 0 Å². The molecular weight excluding hydrogens is 353 g/mol. The molecule has 0 aliphatic rings. The van der Waals surface area contributed by atoms with Crippen molar-refractivity contribution in [3.8, 4) is 0 Å². The summed E-state index contributed by atoms with van der Waals surface area (Å²) in [5.74, 6) is -0.447. The summed E-state index contributed by atoms with van der Waals surface area (Å²) in [4.78, 5) is 0.00393. The molecule has 0 heterocycles. The summed E-state index contributed by atoms with van der Waals surface area (Å²) >= 11 is 0. The van der Waals surface area contributed by atoms with Crippen molar-refractivity contribution in [1.29, 1.82) is 0 Å². The number of nitrogens with zero attached hydrogens (tertiary/aromatic N) is 2. The van der Waals surface area contributed by atoms with E-state index in [4.69, 9.17) is 0 Å². The molecule has 7 heteroatoms. The Morgan fingerprint density at radius 2 is 1.46 bits per heavy atom. The molecule has 0 saturated carbocycles. The molecule has 0 saturated heterocycles. The fourth-order valence-electron chi connectivity index (χ4n) is 2.20. The highest BCUT2D eigenvalue weighted by Crippen LogP contribution is 2.22. The molecule has 0 fully saturated rings. The fraction of sp³-hybridized carbons (Fsp3) is 0.0526. The highest BCUT2D eigenvalue weighted by atomic mass is 32.2. The van der Waals surface area contributed by atoms with E-state index in [1.165, 1.54) is 19.1 Å². The zero-order valence-corrected chi connectivity index (χ0v) is 14.7. The van der Waals surface area contributed by atoms with Crippen LogP contribution in [0, 0.1) is 12.7 Å². The van der Waals surface area contributed by atoms with E-state index in [1.807, 2.05) is 30.3 Å². The smallest absolute Gasteiger partial charge is 0.261 e.